The summed E-state index contributed by atoms with van der Waals surface area (Å²) in [5, 5.41) is 2.74. The Labute approximate surface area is 190 Å². The Bertz CT molecular complexity index is 1180. The third kappa shape index (κ3) is 3.77. The summed E-state index contributed by atoms with van der Waals surface area (Å²) in [6.45, 7) is 2.64. The highest BCUT2D eigenvalue weighted by molar-refractivity contribution is 7.13. The molecule has 164 valence electrons. The number of likely N-dealkylation sites (tertiary alicyclic amines) is 1. The van der Waals surface area contributed by atoms with Crippen LogP contribution < -0.4 is 4.90 Å². The Kier molecular flexibility index (Phi) is 5.42. The topological polar surface area (TPSA) is 92.2 Å². The van der Waals surface area contributed by atoms with Crippen LogP contribution in [0.2, 0.25) is 0 Å². The van der Waals surface area contributed by atoms with Crippen molar-refractivity contribution >= 4 is 29.0 Å². The van der Waals surface area contributed by atoms with Crippen LogP contribution in [-0.4, -0.2) is 50.2 Å². The lowest BCUT2D eigenvalue weighted by atomic mass is 10.0. The van der Waals surface area contributed by atoms with Crippen LogP contribution >= 0.6 is 11.3 Å². The van der Waals surface area contributed by atoms with Gasteiger partial charge < -0.3 is 4.90 Å². The van der Waals surface area contributed by atoms with Gasteiger partial charge in [0, 0.05) is 42.8 Å². The van der Waals surface area contributed by atoms with E-state index in [9.17, 15) is 9.59 Å². The number of carbonyl (C=O) groups is 2. The van der Waals surface area contributed by atoms with Crippen molar-refractivity contribution in [2.24, 2.45) is 0 Å². The largest absolute Gasteiger partial charge is 0.332 e. The van der Waals surface area contributed by atoms with Gasteiger partial charge in [0.15, 0.2) is 5.82 Å². The molecule has 0 bridgehead atoms. The van der Waals surface area contributed by atoms with Crippen molar-refractivity contribution in [1.29, 1.82) is 0 Å². The second-order valence-electron chi connectivity index (χ2n) is 8.20. The molecule has 3 aromatic heterocycles. The molecule has 3 aromatic rings. The molecule has 1 atom stereocenters. The van der Waals surface area contributed by atoms with Gasteiger partial charge in [0.1, 0.15) is 10.8 Å². The first-order valence-electron chi connectivity index (χ1n) is 10.8. The third-order valence-electron chi connectivity index (χ3n) is 6.13. The minimum atomic E-state index is -0.175. The lowest BCUT2D eigenvalue weighted by molar-refractivity contribution is -0.131. The zero-order chi connectivity index (χ0) is 22.2. The maximum absolute atomic E-state index is 13.2. The van der Waals surface area contributed by atoms with Gasteiger partial charge in [-0.2, -0.15) is 0 Å². The van der Waals surface area contributed by atoms with Gasteiger partial charge in [-0.25, -0.2) is 15.0 Å². The number of thiazole rings is 1. The number of nitrogens with zero attached hydrogens (tertiary/aromatic N) is 6. The average molecular weight is 449 g/mol. The molecule has 5 heterocycles. The minimum Gasteiger partial charge on any atom is -0.332 e. The summed E-state index contributed by atoms with van der Waals surface area (Å²) in [5.74, 6) is 1.39. The van der Waals surface area contributed by atoms with Crippen LogP contribution in [0.1, 0.15) is 48.1 Å². The molecule has 0 aromatic carbocycles. The highest BCUT2D eigenvalue weighted by Gasteiger charge is 2.34. The predicted molar refractivity (Wildman–Crippen MR) is 121 cm³/mol. The number of carbonyl (C=O) groups excluding carboxylic acids is 2. The number of aromatic nitrogens is 4. The zero-order valence-corrected chi connectivity index (χ0v) is 18.9. The van der Waals surface area contributed by atoms with E-state index in [1.807, 2.05) is 35.4 Å². The number of fused-ring (bicyclic) bond motifs is 1. The highest BCUT2D eigenvalue weighted by Crippen LogP contribution is 2.34. The third-order valence-corrected chi connectivity index (χ3v) is 7.04. The molecule has 0 spiro atoms. The normalized spacial score (nSPS) is 18.2. The molecule has 0 radical (unpaired) electrons. The summed E-state index contributed by atoms with van der Waals surface area (Å²) in [4.78, 5) is 47.3. The van der Waals surface area contributed by atoms with Gasteiger partial charge in [0.2, 0.25) is 11.8 Å². The fourth-order valence-electron chi connectivity index (χ4n) is 4.42. The van der Waals surface area contributed by atoms with Crippen molar-refractivity contribution < 1.29 is 9.59 Å². The van der Waals surface area contributed by atoms with Crippen LogP contribution in [-0.2, 0) is 22.4 Å². The lowest BCUT2D eigenvalue weighted by Crippen LogP contribution is -2.35. The van der Waals surface area contributed by atoms with Crippen LogP contribution in [0.5, 0.6) is 0 Å². The lowest BCUT2D eigenvalue weighted by Gasteiger charge is -2.28. The maximum Gasteiger partial charge on any atom is 0.229 e. The van der Waals surface area contributed by atoms with Crippen molar-refractivity contribution in [3.8, 4) is 10.7 Å². The van der Waals surface area contributed by atoms with Gasteiger partial charge in [-0.3, -0.25) is 19.5 Å². The number of hydrogen-bond donors (Lipinski definition) is 0. The molecule has 2 aliphatic rings. The second kappa shape index (κ2) is 8.38. The second-order valence-corrected chi connectivity index (χ2v) is 9.06. The van der Waals surface area contributed by atoms with E-state index in [1.54, 1.807) is 18.1 Å². The Morgan fingerprint density at radius 1 is 1.22 bits per heavy atom. The number of aryl methyl sites for hydroxylation is 1. The van der Waals surface area contributed by atoms with Gasteiger partial charge in [-0.1, -0.05) is 6.07 Å². The maximum atomic E-state index is 13.2. The quantitative estimate of drug-likeness (QED) is 0.609. The predicted octanol–water partition coefficient (Wildman–Crippen LogP) is 3.12. The fraction of sp³-hybridized carbons (Fsp3) is 0.391. The first-order valence-corrected chi connectivity index (χ1v) is 11.7. The molecule has 1 fully saturated rings. The van der Waals surface area contributed by atoms with Crippen molar-refractivity contribution in [2.75, 3.05) is 18.5 Å². The number of amides is 2. The van der Waals surface area contributed by atoms with Crippen LogP contribution in [0, 0.1) is 6.92 Å². The Balaban J connectivity index is 1.36. The van der Waals surface area contributed by atoms with E-state index in [1.165, 1.54) is 11.3 Å². The van der Waals surface area contributed by atoms with Crippen LogP contribution in [0.15, 0.2) is 29.8 Å². The van der Waals surface area contributed by atoms with Gasteiger partial charge in [0.25, 0.3) is 0 Å². The summed E-state index contributed by atoms with van der Waals surface area (Å²) in [6, 6.07) is 5.53. The van der Waals surface area contributed by atoms with Crippen LogP contribution in [0.25, 0.3) is 10.7 Å². The molecule has 32 heavy (non-hydrogen) atoms. The number of rotatable bonds is 4. The van der Waals surface area contributed by atoms with Gasteiger partial charge in [0.05, 0.1) is 23.9 Å². The van der Waals surface area contributed by atoms with Crippen LogP contribution in [0.3, 0.4) is 0 Å². The zero-order valence-electron chi connectivity index (χ0n) is 18.1. The molecule has 8 nitrogen and oxygen atoms in total. The van der Waals surface area contributed by atoms with E-state index < -0.39 is 0 Å². The summed E-state index contributed by atoms with van der Waals surface area (Å²) < 4.78 is 0. The van der Waals surface area contributed by atoms with E-state index in [2.05, 4.69) is 9.97 Å². The molecular weight excluding hydrogens is 424 g/mol. The Morgan fingerprint density at radius 2 is 2.09 bits per heavy atom. The number of anilines is 1. The molecule has 5 rings (SSSR count). The van der Waals surface area contributed by atoms with Crippen molar-refractivity contribution in [2.45, 2.75) is 45.1 Å². The standard InChI is InChI=1S/C23H24N6O2S/c1-14-16-8-9-19(30)28(2)22(16)27-21(25-14)18-7-5-11-29(18)20(31)12-15-13-32-23(26-15)17-6-3-4-10-24-17/h3-4,6,10,13,18H,5,7-9,11-12H2,1-2H3/t18-/m1/s1. The van der Waals surface area contributed by atoms with E-state index in [4.69, 9.17) is 9.97 Å². The SMILES string of the molecule is Cc1nc([C@H]2CCCN2C(=O)Cc2csc(-c3ccccn3)n2)nc2c1CCC(=O)N2C. The molecule has 2 aliphatic heterocycles. The van der Waals surface area contributed by atoms with E-state index in [0.717, 1.165) is 40.5 Å². The van der Waals surface area contributed by atoms with E-state index >= 15 is 0 Å². The first kappa shape index (κ1) is 20.7. The molecule has 0 aliphatic carbocycles. The fourth-order valence-corrected chi connectivity index (χ4v) is 5.22. The highest BCUT2D eigenvalue weighted by atomic mass is 32.1. The molecule has 2 amide bonds. The molecule has 0 unspecified atom stereocenters. The molecule has 0 N–H and O–H groups in total. The Morgan fingerprint density at radius 3 is 2.91 bits per heavy atom. The van der Waals surface area contributed by atoms with E-state index in [0.29, 0.717) is 31.0 Å². The van der Waals surface area contributed by atoms with Crippen LogP contribution in [0.4, 0.5) is 5.82 Å². The molecule has 9 heteroatoms. The molecule has 1 saturated heterocycles. The van der Waals surface area contributed by atoms with Gasteiger partial charge in [-0.15, -0.1) is 11.3 Å². The smallest absolute Gasteiger partial charge is 0.229 e. The number of hydrogen-bond acceptors (Lipinski definition) is 7. The first-order chi connectivity index (χ1) is 15.5. The molecular formula is C23H24N6O2S. The van der Waals surface area contributed by atoms with Gasteiger partial charge in [-0.05, 0) is 38.3 Å². The summed E-state index contributed by atoms with van der Waals surface area (Å²) in [7, 11) is 1.76. The van der Waals surface area contributed by atoms with Crippen molar-refractivity contribution in [3.05, 3.63) is 52.6 Å². The van der Waals surface area contributed by atoms with Gasteiger partial charge >= 0.3 is 0 Å². The summed E-state index contributed by atoms with van der Waals surface area (Å²) >= 11 is 1.50. The van der Waals surface area contributed by atoms with Crippen molar-refractivity contribution in [3.63, 3.8) is 0 Å². The van der Waals surface area contributed by atoms with E-state index in [-0.39, 0.29) is 24.3 Å². The summed E-state index contributed by atoms with van der Waals surface area (Å²) in [5.41, 5.74) is 3.48. The number of pyridine rings is 1. The Hall–Kier alpha value is -3.20. The molecule has 0 saturated carbocycles. The monoisotopic (exact) mass is 448 g/mol. The summed E-state index contributed by atoms with van der Waals surface area (Å²) in [6.07, 6.45) is 4.85. The average Bonchev–Trinajstić information content (AvgIpc) is 3.47. The van der Waals surface area contributed by atoms with Crippen molar-refractivity contribution in [1.82, 2.24) is 24.8 Å². The minimum absolute atomic E-state index is 0.0220.